The molecule has 2 amide bonds. The summed E-state index contributed by atoms with van der Waals surface area (Å²) in [5.74, 6) is -0.0881. The van der Waals surface area contributed by atoms with Crippen molar-refractivity contribution in [1.82, 2.24) is 24.6 Å². The molecule has 1 atom stereocenters. The van der Waals surface area contributed by atoms with Crippen molar-refractivity contribution in [3.8, 4) is 0 Å². The molecule has 0 aromatic carbocycles. The monoisotopic (exact) mass is 353 g/mol. The molecule has 0 spiro atoms. The first-order valence-electron chi connectivity index (χ1n) is 8.99. The average molecular weight is 353 g/mol. The Morgan fingerprint density at radius 1 is 1.19 bits per heavy atom. The third kappa shape index (κ3) is 3.09. The SMILES string of the molecule is Cc1cc(C)n(C2CN(C(=O)[C@@H]3CC(=O)N(Cc4ccncc4)C3)C2)n1. The van der Waals surface area contributed by atoms with Crippen molar-refractivity contribution in [3.05, 3.63) is 47.5 Å². The number of nitrogens with zero attached hydrogens (tertiary/aromatic N) is 5. The number of likely N-dealkylation sites (tertiary alicyclic amines) is 2. The predicted octanol–water partition coefficient (Wildman–Crippen LogP) is 1.33. The molecule has 0 bridgehead atoms. The molecule has 0 aliphatic carbocycles. The Morgan fingerprint density at radius 3 is 2.58 bits per heavy atom. The Hall–Kier alpha value is -2.70. The summed E-state index contributed by atoms with van der Waals surface area (Å²) >= 11 is 0. The van der Waals surface area contributed by atoms with E-state index in [-0.39, 0.29) is 23.8 Å². The topological polar surface area (TPSA) is 71.3 Å². The van der Waals surface area contributed by atoms with Crippen molar-refractivity contribution in [2.75, 3.05) is 19.6 Å². The average Bonchev–Trinajstić information content (AvgIpc) is 3.09. The molecular weight excluding hydrogens is 330 g/mol. The summed E-state index contributed by atoms with van der Waals surface area (Å²) in [6, 6.07) is 6.10. The third-order valence-corrected chi connectivity index (χ3v) is 5.25. The van der Waals surface area contributed by atoms with Crippen LogP contribution in [-0.4, -0.2) is 56.0 Å². The molecule has 4 heterocycles. The Balaban J connectivity index is 1.33. The van der Waals surface area contributed by atoms with E-state index in [1.54, 1.807) is 17.3 Å². The van der Waals surface area contributed by atoms with Gasteiger partial charge in [-0.3, -0.25) is 19.3 Å². The summed E-state index contributed by atoms with van der Waals surface area (Å²) < 4.78 is 2.01. The normalized spacial score (nSPS) is 20.5. The molecule has 2 fully saturated rings. The molecule has 2 saturated heterocycles. The van der Waals surface area contributed by atoms with Gasteiger partial charge in [-0.2, -0.15) is 5.10 Å². The Bertz CT molecular complexity index is 826. The van der Waals surface area contributed by atoms with E-state index in [1.165, 1.54) is 0 Å². The van der Waals surface area contributed by atoms with Crippen molar-refractivity contribution in [2.24, 2.45) is 5.92 Å². The Morgan fingerprint density at radius 2 is 1.92 bits per heavy atom. The van der Waals surface area contributed by atoms with E-state index in [9.17, 15) is 9.59 Å². The quantitative estimate of drug-likeness (QED) is 0.831. The molecule has 2 aromatic rings. The largest absolute Gasteiger partial charge is 0.338 e. The van der Waals surface area contributed by atoms with Gasteiger partial charge >= 0.3 is 0 Å². The number of hydrogen-bond donors (Lipinski definition) is 0. The van der Waals surface area contributed by atoms with E-state index in [0.29, 0.717) is 32.6 Å². The maximum Gasteiger partial charge on any atom is 0.228 e. The van der Waals surface area contributed by atoms with Gasteiger partial charge in [-0.15, -0.1) is 0 Å². The highest BCUT2D eigenvalue weighted by molar-refractivity contribution is 5.89. The lowest BCUT2D eigenvalue weighted by Crippen LogP contribution is -2.53. The minimum atomic E-state index is -0.231. The third-order valence-electron chi connectivity index (χ3n) is 5.25. The van der Waals surface area contributed by atoms with Crippen LogP contribution in [0, 0.1) is 19.8 Å². The zero-order valence-corrected chi connectivity index (χ0v) is 15.1. The van der Waals surface area contributed by atoms with Gasteiger partial charge in [0.1, 0.15) is 0 Å². The van der Waals surface area contributed by atoms with E-state index in [1.807, 2.05) is 35.6 Å². The molecule has 2 aliphatic heterocycles. The second-order valence-corrected chi connectivity index (χ2v) is 7.30. The molecular formula is C19H23N5O2. The van der Waals surface area contributed by atoms with Crippen LogP contribution in [0.25, 0.3) is 0 Å². The summed E-state index contributed by atoms with van der Waals surface area (Å²) in [6.07, 6.45) is 3.75. The molecule has 136 valence electrons. The van der Waals surface area contributed by atoms with Crippen molar-refractivity contribution in [1.29, 1.82) is 0 Å². The number of hydrogen-bond acceptors (Lipinski definition) is 4. The number of carbonyl (C=O) groups is 2. The molecule has 0 radical (unpaired) electrons. The van der Waals surface area contributed by atoms with Gasteiger partial charge in [-0.1, -0.05) is 0 Å². The fraction of sp³-hybridized carbons (Fsp3) is 0.474. The van der Waals surface area contributed by atoms with Crippen molar-refractivity contribution in [3.63, 3.8) is 0 Å². The van der Waals surface area contributed by atoms with Crippen molar-refractivity contribution in [2.45, 2.75) is 32.9 Å². The minimum Gasteiger partial charge on any atom is -0.338 e. The molecule has 7 nitrogen and oxygen atoms in total. The first-order valence-corrected chi connectivity index (χ1v) is 8.99. The lowest BCUT2D eigenvalue weighted by atomic mass is 10.0. The molecule has 26 heavy (non-hydrogen) atoms. The number of aromatic nitrogens is 3. The summed E-state index contributed by atoms with van der Waals surface area (Å²) in [7, 11) is 0. The van der Waals surface area contributed by atoms with Crippen LogP contribution in [-0.2, 0) is 16.1 Å². The molecule has 0 saturated carbocycles. The van der Waals surface area contributed by atoms with E-state index >= 15 is 0 Å². The van der Waals surface area contributed by atoms with Crippen LogP contribution in [0.3, 0.4) is 0 Å². The maximum absolute atomic E-state index is 12.7. The van der Waals surface area contributed by atoms with E-state index < -0.39 is 0 Å². The van der Waals surface area contributed by atoms with Crippen LogP contribution >= 0.6 is 0 Å². The second kappa shape index (κ2) is 6.55. The minimum absolute atomic E-state index is 0.0516. The lowest BCUT2D eigenvalue weighted by molar-refractivity contribution is -0.141. The van der Waals surface area contributed by atoms with Gasteiger partial charge in [-0.25, -0.2) is 0 Å². The van der Waals surface area contributed by atoms with Crippen LogP contribution in [0.2, 0.25) is 0 Å². The number of aryl methyl sites for hydroxylation is 2. The fourth-order valence-corrected chi connectivity index (χ4v) is 3.86. The lowest BCUT2D eigenvalue weighted by Gasteiger charge is -2.41. The summed E-state index contributed by atoms with van der Waals surface area (Å²) in [6.45, 7) is 6.41. The Labute approximate surface area is 152 Å². The van der Waals surface area contributed by atoms with Gasteiger partial charge in [0, 0.05) is 50.7 Å². The van der Waals surface area contributed by atoms with Crippen LogP contribution in [0.1, 0.15) is 29.4 Å². The van der Waals surface area contributed by atoms with E-state index in [2.05, 4.69) is 16.1 Å². The summed E-state index contributed by atoms with van der Waals surface area (Å²) in [4.78, 5) is 32.6. The summed E-state index contributed by atoms with van der Waals surface area (Å²) in [5.41, 5.74) is 3.16. The fourth-order valence-electron chi connectivity index (χ4n) is 3.86. The summed E-state index contributed by atoms with van der Waals surface area (Å²) in [5, 5.41) is 4.51. The van der Waals surface area contributed by atoms with Gasteiger partial charge in [0.05, 0.1) is 17.7 Å². The maximum atomic E-state index is 12.7. The van der Waals surface area contributed by atoms with Gasteiger partial charge < -0.3 is 9.80 Å². The molecule has 0 unspecified atom stereocenters. The zero-order valence-electron chi connectivity index (χ0n) is 15.1. The molecule has 7 heteroatoms. The molecule has 4 rings (SSSR count). The predicted molar refractivity (Wildman–Crippen MR) is 95.1 cm³/mol. The number of amides is 2. The van der Waals surface area contributed by atoms with Crippen LogP contribution < -0.4 is 0 Å². The van der Waals surface area contributed by atoms with Gasteiger partial charge in [0.25, 0.3) is 0 Å². The van der Waals surface area contributed by atoms with Crippen LogP contribution in [0.5, 0.6) is 0 Å². The number of pyridine rings is 1. The van der Waals surface area contributed by atoms with E-state index in [0.717, 1.165) is 17.0 Å². The standard InChI is InChI=1S/C19H23N5O2/c1-13-7-14(2)24(21-13)17-11-23(12-17)19(26)16-8-18(25)22(10-16)9-15-3-5-20-6-4-15/h3-7,16-17H,8-12H2,1-2H3/t16-/m1/s1. The smallest absolute Gasteiger partial charge is 0.228 e. The van der Waals surface area contributed by atoms with Gasteiger partial charge in [-0.05, 0) is 37.6 Å². The molecule has 2 aliphatic rings. The van der Waals surface area contributed by atoms with E-state index in [4.69, 9.17) is 0 Å². The highest BCUT2D eigenvalue weighted by atomic mass is 16.2. The van der Waals surface area contributed by atoms with Crippen LogP contribution in [0.15, 0.2) is 30.6 Å². The molecule has 0 N–H and O–H groups in total. The zero-order chi connectivity index (χ0) is 18.3. The highest BCUT2D eigenvalue weighted by Gasteiger charge is 2.41. The number of carbonyl (C=O) groups excluding carboxylic acids is 2. The Kier molecular flexibility index (Phi) is 4.22. The first kappa shape index (κ1) is 16.8. The highest BCUT2D eigenvalue weighted by Crippen LogP contribution is 2.28. The second-order valence-electron chi connectivity index (χ2n) is 7.30. The van der Waals surface area contributed by atoms with Crippen molar-refractivity contribution < 1.29 is 9.59 Å². The van der Waals surface area contributed by atoms with Gasteiger partial charge in [0.2, 0.25) is 11.8 Å². The van der Waals surface area contributed by atoms with Gasteiger partial charge in [0.15, 0.2) is 0 Å². The first-order chi connectivity index (χ1) is 12.5. The molecule has 2 aromatic heterocycles. The van der Waals surface area contributed by atoms with Crippen LogP contribution in [0.4, 0.5) is 0 Å². The van der Waals surface area contributed by atoms with Crippen molar-refractivity contribution >= 4 is 11.8 Å². The number of rotatable bonds is 4.